The molecule has 1 atom stereocenters. The molecule has 3 rings (SSSR count). The van der Waals surface area contributed by atoms with E-state index in [2.05, 4.69) is 10.2 Å². The molecule has 2 aliphatic rings. The standard InChI is InChI=1S/C14H18N2O3/c1-14(13(17)15-5-6-16(14)2)8-10-3-4-11-12(7-10)19-9-18-11/h3-4,7H,5-6,8-9H2,1-2H3,(H,15,17). The van der Waals surface area contributed by atoms with Crippen molar-refractivity contribution in [3.05, 3.63) is 23.8 Å². The second-order valence-electron chi connectivity index (χ2n) is 5.32. The van der Waals surface area contributed by atoms with Gasteiger partial charge in [0.1, 0.15) is 5.54 Å². The van der Waals surface area contributed by atoms with E-state index in [0.717, 1.165) is 23.6 Å². The van der Waals surface area contributed by atoms with Crippen LogP contribution in [0.25, 0.3) is 0 Å². The molecule has 0 bridgehead atoms. The fourth-order valence-corrected chi connectivity index (χ4v) is 2.61. The number of benzene rings is 1. The first-order chi connectivity index (χ1) is 9.09. The van der Waals surface area contributed by atoms with Crippen LogP contribution in [0.2, 0.25) is 0 Å². The quantitative estimate of drug-likeness (QED) is 0.855. The Hall–Kier alpha value is -1.75. The van der Waals surface area contributed by atoms with Crippen LogP contribution in [0.4, 0.5) is 0 Å². The van der Waals surface area contributed by atoms with Crippen LogP contribution in [0.1, 0.15) is 12.5 Å². The van der Waals surface area contributed by atoms with E-state index in [4.69, 9.17) is 9.47 Å². The molecule has 1 amide bonds. The maximum atomic E-state index is 12.2. The van der Waals surface area contributed by atoms with Crippen molar-refractivity contribution >= 4 is 5.91 Å². The van der Waals surface area contributed by atoms with Crippen molar-refractivity contribution in [2.24, 2.45) is 0 Å². The Kier molecular flexibility index (Phi) is 2.86. The third-order valence-electron chi connectivity index (χ3n) is 4.05. The third kappa shape index (κ3) is 2.04. The smallest absolute Gasteiger partial charge is 0.240 e. The van der Waals surface area contributed by atoms with Gasteiger partial charge in [-0.1, -0.05) is 6.07 Å². The fraction of sp³-hybridized carbons (Fsp3) is 0.500. The average Bonchev–Trinajstić information content (AvgIpc) is 2.84. The van der Waals surface area contributed by atoms with Crippen LogP contribution in [0, 0.1) is 0 Å². The molecule has 1 fully saturated rings. The number of hydrogen-bond acceptors (Lipinski definition) is 4. The highest BCUT2D eigenvalue weighted by Gasteiger charge is 2.40. The number of amides is 1. The Balaban J connectivity index is 1.85. The van der Waals surface area contributed by atoms with Gasteiger partial charge in [-0.05, 0) is 38.1 Å². The Labute approximate surface area is 112 Å². The van der Waals surface area contributed by atoms with Gasteiger partial charge in [0.2, 0.25) is 12.7 Å². The molecule has 0 aromatic heterocycles. The van der Waals surface area contributed by atoms with Crippen molar-refractivity contribution < 1.29 is 14.3 Å². The molecular formula is C14H18N2O3. The molecule has 0 saturated carbocycles. The number of rotatable bonds is 2. The molecule has 0 radical (unpaired) electrons. The Morgan fingerprint density at radius 3 is 2.95 bits per heavy atom. The number of fused-ring (bicyclic) bond motifs is 1. The summed E-state index contributed by atoms with van der Waals surface area (Å²) in [7, 11) is 1.99. The molecule has 1 aromatic rings. The topological polar surface area (TPSA) is 50.8 Å². The summed E-state index contributed by atoms with van der Waals surface area (Å²) in [5.74, 6) is 1.62. The summed E-state index contributed by atoms with van der Waals surface area (Å²) in [6.45, 7) is 3.83. The van der Waals surface area contributed by atoms with Crippen molar-refractivity contribution in [2.75, 3.05) is 26.9 Å². The summed E-state index contributed by atoms with van der Waals surface area (Å²) in [4.78, 5) is 14.3. The molecule has 5 nitrogen and oxygen atoms in total. The summed E-state index contributed by atoms with van der Waals surface area (Å²) >= 11 is 0. The lowest BCUT2D eigenvalue weighted by molar-refractivity contribution is -0.134. The van der Waals surface area contributed by atoms with E-state index < -0.39 is 5.54 Å². The van der Waals surface area contributed by atoms with E-state index in [1.54, 1.807) is 0 Å². The lowest BCUT2D eigenvalue weighted by Crippen LogP contribution is -2.62. The highest BCUT2D eigenvalue weighted by Crippen LogP contribution is 2.34. The molecule has 0 spiro atoms. The van der Waals surface area contributed by atoms with E-state index in [-0.39, 0.29) is 12.7 Å². The number of carbonyl (C=O) groups excluding carboxylic acids is 1. The third-order valence-corrected chi connectivity index (χ3v) is 4.05. The number of nitrogens with zero attached hydrogens (tertiary/aromatic N) is 1. The maximum Gasteiger partial charge on any atom is 0.240 e. The number of piperazine rings is 1. The van der Waals surface area contributed by atoms with Gasteiger partial charge >= 0.3 is 0 Å². The highest BCUT2D eigenvalue weighted by molar-refractivity contribution is 5.87. The van der Waals surface area contributed by atoms with E-state index in [0.29, 0.717) is 13.0 Å². The van der Waals surface area contributed by atoms with Gasteiger partial charge in [-0.2, -0.15) is 0 Å². The van der Waals surface area contributed by atoms with Gasteiger partial charge in [0.25, 0.3) is 0 Å². The van der Waals surface area contributed by atoms with Crippen molar-refractivity contribution in [1.29, 1.82) is 0 Å². The Bertz CT molecular complexity index is 517. The Morgan fingerprint density at radius 1 is 1.37 bits per heavy atom. The minimum absolute atomic E-state index is 0.0823. The van der Waals surface area contributed by atoms with Gasteiger partial charge in [-0.25, -0.2) is 0 Å². The fourth-order valence-electron chi connectivity index (χ4n) is 2.61. The zero-order valence-corrected chi connectivity index (χ0v) is 11.2. The van der Waals surface area contributed by atoms with Gasteiger partial charge in [0, 0.05) is 13.1 Å². The van der Waals surface area contributed by atoms with Crippen LogP contribution < -0.4 is 14.8 Å². The van der Waals surface area contributed by atoms with Crippen LogP contribution in [0.15, 0.2) is 18.2 Å². The van der Waals surface area contributed by atoms with Crippen molar-refractivity contribution in [3.63, 3.8) is 0 Å². The van der Waals surface area contributed by atoms with Crippen LogP contribution in [0.3, 0.4) is 0 Å². The van der Waals surface area contributed by atoms with Gasteiger partial charge in [-0.3, -0.25) is 9.69 Å². The molecule has 0 aliphatic carbocycles. The lowest BCUT2D eigenvalue weighted by atomic mass is 9.88. The normalized spacial score (nSPS) is 26.3. The van der Waals surface area contributed by atoms with Crippen LogP contribution in [0.5, 0.6) is 11.5 Å². The first-order valence-corrected chi connectivity index (χ1v) is 6.48. The van der Waals surface area contributed by atoms with Crippen LogP contribution in [-0.4, -0.2) is 43.3 Å². The van der Waals surface area contributed by atoms with Crippen LogP contribution >= 0.6 is 0 Å². The van der Waals surface area contributed by atoms with E-state index >= 15 is 0 Å². The summed E-state index contributed by atoms with van der Waals surface area (Å²) < 4.78 is 10.7. The molecule has 1 aromatic carbocycles. The van der Waals surface area contributed by atoms with Crippen molar-refractivity contribution in [1.82, 2.24) is 10.2 Å². The van der Waals surface area contributed by atoms with Gasteiger partial charge in [0.15, 0.2) is 11.5 Å². The first-order valence-electron chi connectivity index (χ1n) is 6.48. The molecule has 102 valence electrons. The highest BCUT2D eigenvalue weighted by atomic mass is 16.7. The molecule has 1 N–H and O–H groups in total. The zero-order valence-electron chi connectivity index (χ0n) is 11.2. The lowest BCUT2D eigenvalue weighted by Gasteiger charge is -2.41. The molecule has 1 saturated heterocycles. The molecular weight excluding hydrogens is 244 g/mol. The minimum atomic E-state index is -0.508. The second kappa shape index (κ2) is 4.42. The molecule has 2 aliphatic heterocycles. The van der Waals surface area contributed by atoms with Crippen molar-refractivity contribution in [3.8, 4) is 11.5 Å². The van der Waals surface area contributed by atoms with E-state index in [1.165, 1.54) is 0 Å². The first kappa shape index (κ1) is 12.3. The van der Waals surface area contributed by atoms with Gasteiger partial charge in [-0.15, -0.1) is 0 Å². The monoisotopic (exact) mass is 262 g/mol. The summed E-state index contributed by atoms with van der Waals surface area (Å²) in [6, 6.07) is 5.86. The van der Waals surface area contributed by atoms with Crippen LogP contribution in [-0.2, 0) is 11.2 Å². The maximum absolute atomic E-state index is 12.2. The Morgan fingerprint density at radius 2 is 2.16 bits per heavy atom. The van der Waals surface area contributed by atoms with Gasteiger partial charge in [0.05, 0.1) is 0 Å². The number of likely N-dealkylation sites (N-methyl/N-ethyl adjacent to an activating group) is 1. The summed E-state index contributed by atoms with van der Waals surface area (Å²) in [5.41, 5.74) is 0.571. The number of hydrogen-bond donors (Lipinski definition) is 1. The number of nitrogens with one attached hydrogen (secondary N) is 1. The minimum Gasteiger partial charge on any atom is -0.454 e. The molecule has 2 heterocycles. The zero-order chi connectivity index (χ0) is 13.5. The van der Waals surface area contributed by atoms with E-state index in [9.17, 15) is 4.79 Å². The predicted octanol–water partition coefficient (Wildman–Crippen LogP) is 0.778. The number of ether oxygens (including phenoxy) is 2. The summed E-state index contributed by atoms with van der Waals surface area (Å²) in [5, 5.41) is 2.94. The molecule has 19 heavy (non-hydrogen) atoms. The second-order valence-corrected chi connectivity index (χ2v) is 5.32. The average molecular weight is 262 g/mol. The number of carbonyl (C=O) groups is 1. The van der Waals surface area contributed by atoms with Gasteiger partial charge < -0.3 is 14.8 Å². The van der Waals surface area contributed by atoms with Crippen molar-refractivity contribution in [2.45, 2.75) is 18.9 Å². The summed E-state index contributed by atoms with van der Waals surface area (Å²) in [6.07, 6.45) is 0.659. The molecule has 5 heteroatoms. The largest absolute Gasteiger partial charge is 0.454 e. The van der Waals surface area contributed by atoms with E-state index in [1.807, 2.05) is 32.2 Å². The molecule has 1 unspecified atom stereocenters. The predicted molar refractivity (Wildman–Crippen MR) is 70.3 cm³/mol. The SMILES string of the molecule is CN1CCNC(=O)C1(C)Cc1ccc2c(c1)OCO2.